The minimum Gasteiger partial charge on any atom is -0.475 e. The minimum atomic E-state index is -0.166. The summed E-state index contributed by atoms with van der Waals surface area (Å²) in [5.41, 5.74) is 8.95. The molecular weight excluding hydrogens is 494 g/mol. The van der Waals surface area contributed by atoms with Crippen molar-refractivity contribution in [3.8, 4) is 17.2 Å². The number of benzene rings is 3. The Labute approximate surface area is 235 Å². The number of para-hydroxylation sites is 1. The molecule has 0 saturated carbocycles. The van der Waals surface area contributed by atoms with Crippen molar-refractivity contribution in [1.29, 1.82) is 0 Å². The Balaban J connectivity index is 1.36. The Morgan fingerprint density at radius 2 is 1.75 bits per heavy atom. The molecule has 202 valence electrons. The average molecular weight is 530 g/mol. The number of rotatable bonds is 3. The molecular formula is C35H35N3O2. The third-order valence-electron chi connectivity index (χ3n) is 8.61. The zero-order valence-electron chi connectivity index (χ0n) is 24.3. The first-order valence-corrected chi connectivity index (χ1v) is 14.1. The van der Waals surface area contributed by atoms with Crippen LogP contribution >= 0.6 is 0 Å². The summed E-state index contributed by atoms with van der Waals surface area (Å²) in [6.45, 7) is 16.1. The quantitative estimate of drug-likeness (QED) is 0.236. The summed E-state index contributed by atoms with van der Waals surface area (Å²) in [5.74, 6) is 2.30. The van der Waals surface area contributed by atoms with Gasteiger partial charge >= 0.3 is 0 Å². The molecule has 7 rings (SSSR count). The molecule has 5 aromatic rings. The van der Waals surface area contributed by atoms with Crippen LogP contribution in [-0.2, 0) is 10.2 Å². The molecule has 5 nitrogen and oxygen atoms in total. The van der Waals surface area contributed by atoms with Crippen molar-refractivity contribution in [2.45, 2.75) is 59.9 Å². The van der Waals surface area contributed by atoms with Gasteiger partial charge in [-0.25, -0.2) is 9.98 Å². The first-order chi connectivity index (χ1) is 19.0. The van der Waals surface area contributed by atoms with Crippen molar-refractivity contribution in [1.82, 2.24) is 9.55 Å². The van der Waals surface area contributed by atoms with Gasteiger partial charge in [-0.3, -0.25) is 4.57 Å². The maximum atomic E-state index is 6.65. The van der Waals surface area contributed by atoms with Crippen LogP contribution in [0.5, 0.6) is 11.5 Å². The topological polar surface area (TPSA) is 48.6 Å². The van der Waals surface area contributed by atoms with Crippen molar-refractivity contribution >= 4 is 27.8 Å². The summed E-state index contributed by atoms with van der Waals surface area (Å²) >= 11 is 0. The summed E-state index contributed by atoms with van der Waals surface area (Å²) in [6, 6.07) is 21.7. The van der Waals surface area contributed by atoms with E-state index < -0.39 is 0 Å². The Kier molecular flexibility index (Phi) is 5.25. The summed E-state index contributed by atoms with van der Waals surface area (Å²) in [7, 11) is 0. The Hall–Kier alpha value is -4.12. The fraction of sp³-hybridized carbons (Fsp3) is 0.314. The molecule has 1 atom stereocenters. The van der Waals surface area contributed by atoms with Gasteiger partial charge in [-0.05, 0) is 77.9 Å². The number of aliphatic imine (C=N–C) groups is 1. The molecule has 3 aromatic carbocycles. The second kappa shape index (κ2) is 8.44. The highest BCUT2D eigenvalue weighted by atomic mass is 16.5. The van der Waals surface area contributed by atoms with Crippen LogP contribution in [-0.4, -0.2) is 28.1 Å². The standard InChI is InChI=1S/C35H35N3O2/c1-20-14-22(33-37-30(19-39-33)34(3,4)5)17-23(15-20)40-29-18-28-27(16-21(29)2)35(6,7)26-12-8-10-24-25-11-9-13-36-32(25)38(28)31(24)26/h8-18,30H,19H2,1-7H3/t30-/m0/s1. The maximum Gasteiger partial charge on any atom is 0.216 e. The molecule has 0 amide bonds. The Morgan fingerprint density at radius 1 is 0.950 bits per heavy atom. The third-order valence-corrected chi connectivity index (χ3v) is 8.61. The Bertz CT molecular complexity index is 1870. The zero-order valence-corrected chi connectivity index (χ0v) is 24.3. The molecule has 4 heterocycles. The van der Waals surface area contributed by atoms with Crippen LogP contribution in [0.15, 0.2) is 71.9 Å². The lowest BCUT2D eigenvalue weighted by Crippen LogP contribution is -2.26. The lowest BCUT2D eigenvalue weighted by Gasteiger charge is -2.35. The van der Waals surface area contributed by atoms with Crippen LogP contribution in [0.4, 0.5) is 0 Å². The molecule has 40 heavy (non-hydrogen) atoms. The summed E-state index contributed by atoms with van der Waals surface area (Å²) in [6.07, 6.45) is 1.88. The number of hydrogen-bond donors (Lipinski definition) is 0. The van der Waals surface area contributed by atoms with E-state index in [1.54, 1.807) is 0 Å². The van der Waals surface area contributed by atoms with Gasteiger partial charge in [-0.2, -0.15) is 0 Å². The van der Waals surface area contributed by atoms with Crippen LogP contribution < -0.4 is 4.74 Å². The fourth-order valence-electron chi connectivity index (χ4n) is 6.28. The minimum absolute atomic E-state index is 0.0560. The third kappa shape index (κ3) is 3.67. The maximum absolute atomic E-state index is 6.65. The van der Waals surface area contributed by atoms with Crippen molar-refractivity contribution in [3.63, 3.8) is 0 Å². The summed E-state index contributed by atoms with van der Waals surface area (Å²) in [5, 5.41) is 2.40. The first-order valence-electron chi connectivity index (χ1n) is 14.1. The number of fused-ring (bicyclic) bond motifs is 5. The van der Waals surface area contributed by atoms with E-state index in [1.807, 2.05) is 18.3 Å². The van der Waals surface area contributed by atoms with Crippen molar-refractivity contribution in [3.05, 3.63) is 94.7 Å². The Morgan fingerprint density at radius 3 is 2.52 bits per heavy atom. The molecule has 2 aliphatic heterocycles. The summed E-state index contributed by atoms with van der Waals surface area (Å²) in [4.78, 5) is 9.74. The van der Waals surface area contributed by atoms with Gasteiger partial charge in [0.15, 0.2) is 0 Å². The molecule has 0 fully saturated rings. The van der Waals surface area contributed by atoms with E-state index in [1.165, 1.54) is 27.4 Å². The molecule has 0 N–H and O–H groups in total. The van der Waals surface area contributed by atoms with Crippen LogP contribution in [0.2, 0.25) is 0 Å². The van der Waals surface area contributed by atoms with Crippen LogP contribution in [0.3, 0.4) is 0 Å². The lowest BCUT2D eigenvalue weighted by atomic mass is 9.74. The molecule has 0 radical (unpaired) electrons. The van der Waals surface area contributed by atoms with Gasteiger partial charge in [0.05, 0.1) is 17.2 Å². The highest BCUT2D eigenvalue weighted by molar-refractivity contribution is 6.10. The van der Waals surface area contributed by atoms with Gasteiger partial charge in [0.2, 0.25) is 5.90 Å². The van der Waals surface area contributed by atoms with E-state index >= 15 is 0 Å². The largest absolute Gasteiger partial charge is 0.475 e. The van der Waals surface area contributed by atoms with E-state index in [0.717, 1.165) is 39.5 Å². The van der Waals surface area contributed by atoms with Gasteiger partial charge in [-0.15, -0.1) is 0 Å². The molecule has 0 aliphatic carbocycles. The van der Waals surface area contributed by atoms with E-state index in [0.29, 0.717) is 12.5 Å². The van der Waals surface area contributed by atoms with Gasteiger partial charge in [0.25, 0.3) is 0 Å². The van der Waals surface area contributed by atoms with Gasteiger partial charge in [0, 0.05) is 34.0 Å². The number of pyridine rings is 1. The van der Waals surface area contributed by atoms with E-state index in [9.17, 15) is 0 Å². The normalized spacial score (nSPS) is 17.6. The molecule has 2 aliphatic rings. The van der Waals surface area contributed by atoms with E-state index in [2.05, 4.69) is 102 Å². The van der Waals surface area contributed by atoms with Crippen LogP contribution in [0.1, 0.15) is 62.4 Å². The molecule has 0 saturated heterocycles. The van der Waals surface area contributed by atoms with Gasteiger partial charge < -0.3 is 9.47 Å². The second-order valence-corrected chi connectivity index (χ2v) is 12.9. The predicted molar refractivity (Wildman–Crippen MR) is 162 cm³/mol. The van der Waals surface area contributed by atoms with Crippen LogP contribution in [0, 0.1) is 19.3 Å². The first kappa shape index (κ1) is 24.9. The number of aryl methyl sites for hydroxylation is 2. The van der Waals surface area contributed by atoms with Crippen molar-refractivity contribution in [2.75, 3.05) is 6.61 Å². The molecule has 5 heteroatoms. The van der Waals surface area contributed by atoms with Crippen LogP contribution in [0.25, 0.3) is 27.6 Å². The monoisotopic (exact) mass is 529 g/mol. The molecule has 0 bridgehead atoms. The predicted octanol–water partition coefficient (Wildman–Crippen LogP) is 8.42. The zero-order chi connectivity index (χ0) is 28.0. The average Bonchev–Trinajstić information content (AvgIpc) is 3.53. The molecule has 0 unspecified atom stereocenters. The number of hydrogen-bond acceptors (Lipinski definition) is 4. The van der Waals surface area contributed by atoms with Crippen molar-refractivity contribution in [2.24, 2.45) is 10.4 Å². The van der Waals surface area contributed by atoms with Gasteiger partial charge in [-0.1, -0.05) is 52.8 Å². The number of ether oxygens (including phenoxy) is 2. The molecule has 0 spiro atoms. The molecule has 2 aromatic heterocycles. The highest BCUT2D eigenvalue weighted by Crippen LogP contribution is 2.48. The van der Waals surface area contributed by atoms with Crippen molar-refractivity contribution < 1.29 is 9.47 Å². The number of nitrogens with zero attached hydrogens (tertiary/aromatic N) is 3. The van der Waals surface area contributed by atoms with Gasteiger partial charge in [0.1, 0.15) is 23.8 Å². The van der Waals surface area contributed by atoms with E-state index in [-0.39, 0.29) is 16.9 Å². The summed E-state index contributed by atoms with van der Waals surface area (Å²) < 4.78 is 15.0. The van der Waals surface area contributed by atoms with E-state index in [4.69, 9.17) is 19.5 Å². The second-order valence-electron chi connectivity index (χ2n) is 12.9. The SMILES string of the molecule is Cc1cc(Oc2cc3c(cc2C)C(C)(C)c2cccc4c5cccnc5n-3c24)cc(C2=N[C@H](C(C)(C)C)CO2)c1. The lowest BCUT2D eigenvalue weighted by molar-refractivity contribution is 0.236. The fourth-order valence-corrected chi connectivity index (χ4v) is 6.28. The smallest absolute Gasteiger partial charge is 0.216 e. The highest BCUT2D eigenvalue weighted by Gasteiger charge is 2.36. The number of aromatic nitrogens is 2.